The molecule has 2 aliphatic rings. The monoisotopic (exact) mass is 443 g/mol. The molecule has 33 heavy (non-hydrogen) atoms. The lowest BCUT2D eigenvalue weighted by Crippen LogP contribution is -2.61. The zero-order chi connectivity index (χ0) is 22.9. The van der Waals surface area contributed by atoms with E-state index in [0.717, 1.165) is 34.1 Å². The highest BCUT2D eigenvalue weighted by molar-refractivity contribution is 6.09. The second kappa shape index (κ2) is 8.50. The lowest BCUT2D eigenvalue weighted by molar-refractivity contribution is -0.126. The zero-order valence-electron chi connectivity index (χ0n) is 18.5. The number of amides is 2. The minimum Gasteiger partial charge on any atom is -0.497 e. The number of hydrogen-bond donors (Lipinski definition) is 1. The fourth-order valence-electron chi connectivity index (χ4n) is 4.57. The molecule has 0 spiro atoms. The molecule has 3 aromatic carbocycles. The molecule has 5 rings (SSSR count). The molecule has 1 saturated heterocycles. The first kappa shape index (κ1) is 20.9. The summed E-state index contributed by atoms with van der Waals surface area (Å²) in [5.74, 6) is 1.18. The van der Waals surface area contributed by atoms with Gasteiger partial charge in [-0.2, -0.15) is 0 Å². The number of para-hydroxylation sites is 2. The van der Waals surface area contributed by atoms with Crippen molar-refractivity contribution in [3.63, 3.8) is 0 Å². The van der Waals surface area contributed by atoms with Crippen LogP contribution in [0.1, 0.15) is 25.1 Å². The Bertz CT molecular complexity index is 1180. The second-order valence-corrected chi connectivity index (χ2v) is 7.97. The van der Waals surface area contributed by atoms with Gasteiger partial charge in [0.25, 0.3) is 0 Å². The van der Waals surface area contributed by atoms with Gasteiger partial charge in [0.2, 0.25) is 11.8 Å². The first-order chi connectivity index (χ1) is 16.1. The average molecular weight is 444 g/mol. The van der Waals surface area contributed by atoms with Gasteiger partial charge < -0.3 is 19.7 Å². The maximum Gasteiger partial charge on any atom is 0.247 e. The van der Waals surface area contributed by atoms with Crippen molar-refractivity contribution in [2.24, 2.45) is 0 Å². The normalized spacial score (nSPS) is 19.5. The molecule has 0 saturated carbocycles. The van der Waals surface area contributed by atoms with Gasteiger partial charge in [0, 0.05) is 5.69 Å². The number of carbonyl (C=O) groups is 2. The fraction of sp³-hybridized carbons (Fsp3) is 0.231. The molecule has 1 N–H and O–H groups in total. The standard InChI is InChI=1S/C26H25N3O4/c1-3-33-20-14-10-18(11-15-20)28-24(30)16-23-25(31)27-21-6-4-5-7-22(21)29(23)26(28)17-8-12-19(32-2)13-9-17/h4-15,23,26H,3,16H2,1-2H3,(H,27,31). The van der Waals surface area contributed by atoms with Gasteiger partial charge in [-0.15, -0.1) is 0 Å². The summed E-state index contributed by atoms with van der Waals surface area (Å²) in [6.45, 7) is 2.50. The number of anilines is 3. The van der Waals surface area contributed by atoms with Crippen LogP contribution in [0.5, 0.6) is 11.5 Å². The van der Waals surface area contributed by atoms with Gasteiger partial charge in [0.1, 0.15) is 23.7 Å². The summed E-state index contributed by atoms with van der Waals surface area (Å²) in [5.41, 5.74) is 3.24. The number of ether oxygens (including phenoxy) is 2. The van der Waals surface area contributed by atoms with Gasteiger partial charge in [-0.05, 0) is 61.0 Å². The van der Waals surface area contributed by atoms with E-state index in [-0.39, 0.29) is 18.2 Å². The van der Waals surface area contributed by atoms with E-state index in [9.17, 15) is 9.59 Å². The number of nitrogens with one attached hydrogen (secondary N) is 1. The topological polar surface area (TPSA) is 71.1 Å². The van der Waals surface area contributed by atoms with Crippen LogP contribution in [0.25, 0.3) is 0 Å². The molecule has 2 aliphatic heterocycles. The summed E-state index contributed by atoms with van der Waals surface area (Å²) in [7, 11) is 1.62. The molecular weight excluding hydrogens is 418 g/mol. The molecule has 7 nitrogen and oxygen atoms in total. The van der Waals surface area contributed by atoms with Gasteiger partial charge >= 0.3 is 0 Å². The Hall–Kier alpha value is -4.00. The summed E-state index contributed by atoms with van der Waals surface area (Å²) >= 11 is 0. The Morgan fingerprint density at radius 2 is 1.64 bits per heavy atom. The number of benzene rings is 3. The van der Waals surface area contributed by atoms with Crippen molar-refractivity contribution in [2.45, 2.75) is 25.6 Å². The number of methoxy groups -OCH3 is 1. The smallest absolute Gasteiger partial charge is 0.247 e. The van der Waals surface area contributed by atoms with Crippen LogP contribution in [0.2, 0.25) is 0 Å². The fourth-order valence-corrected chi connectivity index (χ4v) is 4.57. The summed E-state index contributed by atoms with van der Waals surface area (Å²) in [6.07, 6.45) is -0.424. The summed E-state index contributed by atoms with van der Waals surface area (Å²) in [6, 6.07) is 22.2. The first-order valence-corrected chi connectivity index (χ1v) is 11.0. The minimum absolute atomic E-state index is 0.0834. The summed E-state index contributed by atoms with van der Waals surface area (Å²) in [5, 5.41) is 2.96. The third-order valence-electron chi connectivity index (χ3n) is 6.06. The van der Waals surface area contributed by atoms with E-state index in [1.54, 1.807) is 12.0 Å². The minimum atomic E-state index is -0.599. The van der Waals surface area contributed by atoms with E-state index in [0.29, 0.717) is 6.61 Å². The van der Waals surface area contributed by atoms with Crippen LogP contribution in [0.3, 0.4) is 0 Å². The highest BCUT2D eigenvalue weighted by Crippen LogP contribution is 2.45. The second-order valence-electron chi connectivity index (χ2n) is 7.97. The third kappa shape index (κ3) is 3.65. The maximum atomic E-state index is 13.5. The Balaban J connectivity index is 1.66. The van der Waals surface area contributed by atoms with Crippen molar-refractivity contribution in [1.29, 1.82) is 0 Å². The van der Waals surface area contributed by atoms with E-state index < -0.39 is 12.2 Å². The molecule has 3 aromatic rings. The molecule has 2 amide bonds. The summed E-state index contributed by atoms with van der Waals surface area (Å²) in [4.78, 5) is 30.3. The largest absolute Gasteiger partial charge is 0.497 e. The van der Waals surface area contributed by atoms with Crippen molar-refractivity contribution < 1.29 is 19.1 Å². The van der Waals surface area contributed by atoms with Crippen LogP contribution in [0.15, 0.2) is 72.8 Å². The molecule has 168 valence electrons. The van der Waals surface area contributed by atoms with Gasteiger partial charge in [0.05, 0.1) is 31.5 Å². The van der Waals surface area contributed by atoms with Crippen LogP contribution < -0.4 is 24.6 Å². The Kier molecular flexibility index (Phi) is 5.38. The summed E-state index contributed by atoms with van der Waals surface area (Å²) < 4.78 is 10.9. The van der Waals surface area contributed by atoms with Crippen LogP contribution in [0.4, 0.5) is 17.1 Å². The van der Waals surface area contributed by atoms with Gasteiger partial charge in [-0.25, -0.2) is 0 Å². The quantitative estimate of drug-likeness (QED) is 0.635. The van der Waals surface area contributed by atoms with Crippen molar-refractivity contribution in [2.75, 3.05) is 28.8 Å². The van der Waals surface area contributed by atoms with E-state index in [2.05, 4.69) is 5.32 Å². The number of hydrogen-bond acceptors (Lipinski definition) is 5. The van der Waals surface area contributed by atoms with Crippen molar-refractivity contribution in [1.82, 2.24) is 0 Å². The van der Waals surface area contributed by atoms with Gasteiger partial charge in [-0.1, -0.05) is 24.3 Å². The lowest BCUT2D eigenvalue weighted by atomic mass is 9.95. The lowest BCUT2D eigenvalue weighted by Gasteiger charge is -2.50. The molecule has 2 unspecified atom stereocenters. The molecule has 0 aliphatic carbocycles. The van der Waals surface area contributed by atoms with Crippen LogP contribution in [-0.2, 0) is 9.59 Å². The molecule has 0 bridgehead atoms. The highest BCUT2D eigenvalue weighted by Gasteiger charge is 2.47. The molecule has 2 heterocycles. The molecule has 0 radical (unpaired) electrons. The third-order valence-corrected chi connectivity index (χ3v) is 6.06. The molecule has 1 fully saturated rings. The zero-order valence-corrected chi connectivity index (χ0v) is 18.5. The maximum absolute atomic E-state index is 13.5. The van der Waals surface area contributed by atoms with Gasteiger partial charge in [-0.3, -0.25) is 14.5 Å². The number of rotatable bonds is 5. The van der Waals surface area contributed by atoms with E-state index in [1.165, 1.54) is 0 Å². The van der Waals surface area contributed by atoms with Crippen molar-refractivity contribution >= 4 is 28.9 Å². The molecule has 2 atom stereocenters. The van der Waals surface area contributed by atoms with Crippen molar-refractivity contribution in [3.05, 3.63) is 78.4 Å². The van der Waals surface area contributed by atoms with Crippen LogP contribution in [0, 0.1) is 0 Å². The highest BCUT2D eigenvalue weighted by atomic mass is 16.5. The van der Waals surface area contributed by atoms with Crippen LogP contribution >= 0.6 is 0 Å². The first-order valence-electron chi connectivity index (χ1n) is 11.0. The number of nitrogens with zero attached hydrogens (tertiary/aromatic N) is 2. The van der Waals surface area contributed by atoms with E-state index in [4.69, 9.17) is 9.47 Å². The van der Waals surface area contributed by atoms with Crippen molar-refractivity contribution in [3.8, 4) is 11.5 Å². The molecule has 7 heteroatoms. The molecular formula is C26H25N3O4. The Morgan fingerprint density at radius 1 is 0.939 bits per heavy atom. The SMILES string of the molecule is CCOc1ccc(N2C(=O)CC3C(=O)Nc4ccccc4N3C2c2ccc(OC)cc2)cc1. The predicted molar refractivity (Wildman–Crippen MR) is 127 cm³/mol. The van der Waals surface area contributed by atoms with Crippen LogP contribution in [-0.4, -0.2) is 31.6 Å². The average Bonchev–Trinajstić information content (AvgIpc) is 2.84. The molecule has 0 aromatic heterocycles. The van der Waals surface area contributed by atoms with E-state index >= 15 is 0 Å². The van der Waals surface area contributed by atoms with Gasteiger partial charge in [0.15, 0.2) is 0 Å². The predicted octanol–water partition coefficient (Wildman–Crippen LogP) is 4.36. The Labute approximate surface area is 192 Å². The Morgan fingerprint density at radius 3 is 2.33 bits per heavy atom. The number of fused-ring (bicyclic) bond motifs is 3. The van der Waals surface area contributed by atoms with E-state index in [1.807, 2.05) is 84.6 Å². The number of carbonyl (C=O) groups excluding carboxylic acids is 2.